The summed E-state index contributed by atoms with van der Waals surface area (Å²) < 4.78 is 1.94. The molecule has 0 bridgehead atoms. The zero-order chi connectivity index (χ0) is 13.8. The van der Waals surface area contributed by atoms with E-state index in [1.54, 1.807) is 12.7 Å². The van der Waals surface area contributed by atoms with Crippen LogP contribution in [0, 0.1) is 5.92 Å². The first kappa shape index (κ1) is 13.1. The predicted molar refractivity (Wildman–Crippen MR) is 78.9 cm³/mol. The number of nitrogens with two attached hydrogens (primary N) is 1. The van der Waals surface area contributed by atoms with Crippen molar-refractivity contribution in [1.82, 2.24) is 19.7 Å². The van der Waals surface area contributed by atoms with Crippen LogP contribution in [0.4, 0.5) is 5.69 Å². The molecule has 1 unspecified atom stereocenters. The molecule has 0 radical (unpaired) electrons. The molecule has 2 N–H and O–H groups in total. The molecule has 0 saturated carbocycles. The summed E-state index contributed by atoms with van der Waals surface area (Å²) in [5.41, 5.74) is 7.99. The van der Waals surface area contributed by atoms with Gasteiger partial charge in [0.2, 0.25) is 0 Å². The fourth-order valence-electron chi connectivity index (χ4n) is 2.99. The molecule has 1 atom stereocenters. The van der Waals surface area contributed by atoms with Crippen molar-refractivity contribution in [2.24, 2.45) is 5.92 Å². The maximum atomic E-state index is 5.84. The van der Waals surface area contributed by atoms with Crippen molar-refractivity contribution in [1.29, 1.82) is 0 Å². The van der Waals surface area contributed by atoms with Gasteiger partial charge in [0, 0.05) is 25.3 Å². The molecule has 1 aliphatic rings. The molecule has 1 saturated heterocycles. The molecular weight excluding hydrogens is 250 g/mol. The Morgan fingerprint density at radius 1 is 1.35 bits per heavy atom. The van der Waals surface area contributed by atoms with Gasteiger partial charge < -0.3 is 5.73 Å². The van der Waals surface area contributed by atoms with Crippen molar-refractivity contribution in [3.63, 3.8) is 0 Å². The second kappa shape index (κ2) is 6.05. The van der Waals surface area contributed by atoms with Crippen molar-refractivity contribution in [2.45, 2.75) is 25.9 Å². The van der Waals surface area contributed by atoms with E-state index in [2.05, 4.69) is 27.1 Å². The number of benzene rings is 1. The van der Waals surface area contributed by atoms with Gasteiger partial charge in [-0.1, -0.05) is 12.1 Å². The quantitative estimate of drug-likeness (QED) is 0.861. The van der Waals surface area contributed by atoms with Gasteiger partial charge in [-0.15, -0.1) is 0 Å². The summed E-state index contributed by atoms with van der Waals surface area (Å²) in [6.07, 6.45) is 5.93. The number of nitrogen functional groups attached to an aromatic ring is 1. The van der Waals surface area contributed by atoms with Crippen LogP contribution in [0.25, 0.3) is 0 Å². The molecule has 1 aromatic carbocycles. The Morgan fingerprint density at radius 2 is 2.30 bits per heavy atom. The van der Waals surface area contributed by atoms with Gasteiger partial charge in [-0.3, -0.25) is 9.58 Å². The normalized spacial score (nSPS) is 20.1. The van der Waals surface area contributed by atoms with E-state index in [9.17, 15) is 0 Å². The molecule has 106 valence electrons. The molecule has 1 fully saturated rings. The first-order valence-corrected chi connectivity index (χ1v) is 7.19. The van der Waals surface area contributed by atoms with Crippen LogP contribution in [0.3, 0.4) is 0 Å². The van der Waals surface area contributed by atoms with E-state index in [1.807, 2.05) is 16.8 Å². The van der Waals surface area contributed by atoms with Crippen LogP contribution in [0.15, 0.2) is 36.9 Å². The van der Waals surface area contributed by atoms with Gasteiger partial charge in [-0.25, -0.2) is 4.98 Å². The average molecular weight is 271 g/mol. The minimum atomic E-state index is 0.659. The molecule has 20 heavy (non-hydrogen) atoms. The minimum Gasteiger partial charge on any atom is -0.399 e. The lowest BCUT2D eigenvalue weighted by Gasteiger charge is -2.32. The SMILES string of the molecule is Nc1cccc(CN2CCCC(Cn3cncn3)C2)c1. The molecule has 5 nitrogen and oxygen atoms in total. The molecule has 0 amide bonds. The van der Waals surface area contributed by atoms with Crippen molar-refractivity contribution >= 4 is 5.69 Å². The Bertz CT molecular complexity index is 537. The molecule has 0 aliphatic carbocycles. The van der Waals surface area contributed by atoms with Crippen molar-refractivity contribution in [3.8, 4) is 0 Å². The number of anilines is 1. The second-order valence-electron chi connectivity index (χ2n) is 5.61. The number of likely N-dealkylation sites (tertiary alicyclic amines) is 1. The number of aromatic nitrogens is 3. The summed E-state index contributed by atoms with van der Waals surface area (Å²) in [4.78, 5) is 6.52. The Morgan fingerprint density at radius 3 is 3.10 bits per heavy atom. The van der Waals surface area contributed by atoms with Crippen molar-refractivity contribution in [3.05, 3.63) is 42.5 Å². The van der Waals surface area contributed by atoms with E-state index in [0.29, 0.717) is 5.92 Å². The third-order valence-corrected chi connectivity index (χ3v) is 3.87. The summed E-state index contributed by atoms with van der Waals surface area (Å²) in [6.45, 7) is 4.24. The Hall–Kier alpha value is -1.88. The van der Waals surface area contributed by atoms with Gasteiger partial charge in [0.1, 0.15) is 12.7 Å². The van der Waals surface area contributed by atoms with Gasteiger partial charge >= 0.3 is 0 Å². The first-order chi connectivity index (χ1) is 9.79. The highest BCUT2D eigenvalue weighted by Crippen LogP contribution is 2.20. The lowest BCUT2D eigenvalue weighted by molar-refractivity contribution is 0.153. The van der Waals surface area contributed by atoms with Crippen molar-refractivity contribution in [2.75, 3.05) is 18.8 Å². The van der Waals surface area contributed by atoms with E-state index in [4.69, 9.17) is 5.73 Å². The van der Waals surface area contributed by atoms with Gasteiger partial charge in [-0.05, 0) is 43.0 Å². The highest BCUT2D eigenvalue weighted by Gasteiger charge is 2.20. The highest BCUT2D eigenvalue weighted by atomic mass is 15.3. The third kappa shape index (κ3) is 3.36. The van der Waals surface area contributed by atoms with Crippen LogP contribution in [-0.4, -0.2) is 32.8 Å². The molecule has 5 heteroatoms. The smallest absolute Gasteiger partial charge is 0.137 e. The molecule has 1 aliphatic heterocycles. The Balaban J connectivity index is 1.57. The zero-order valence-electron chi connectivity index (χ0n) is 11.7. The summed E-state index contributed by atoms with van der Waals surface area (Å²) in [5.74, 6) is 0.659. The monoisotopic (exact) mass is 271 g/mol. The lowest BCUT2D eigenvalue weighted by atomic mass is 9.97. The standard InChI is InChI=1S/C15H21N5/c16-15-5-1-3-13(7-15)8-19-6-2-4-14(9-19)10-20-12-17-11-18-20/h1,3,5,7,11-12,14H,2,4,6,8-10,16H2. The van der Waals surface area contributed by atoms with E-state index in [0.717, 1.165) is 25.3 Å². The number of hydrogen-bond acceptors (Lipinski definition) is 4. The van der Waals surface area contributed by atoms with E-state index in [-0.39, 0.29) is 0 Å². The molecule has 0 spiro atoms. The van der Waals surface area contributed by atoms with Gasteiger partial charge in [-0.2, -0.15) is 5.10 Å². The van der Waals surface area contributed by atoms with Gasteiger partial charge in [0.05, 0.1) is 0 Å². The summed E-state index contributed by atoms with van der Waals surface area (Å²) in [7, 11) is 0. The lowest BCUT2D eigenvalue weighted by Crippen LogP contribution is -2.36. The topological polar surface area (TPSA) is 60.0 Å². The number of hydrogen-bond donors (Lipinski definition) is 1. The molecular formula is C15H21N5. The van der Waals surface area contributed by atoms with Crippen LogP contribution in [-0.2, 0) is 13.1 Å². The van der Waals surface area contributed by atoms with Gasteiger partial charge in [0.25, 0.3) is 0 Å². The fraction of sp³-hybridized carbons (Fsp3) is 0.467. The van der Waals surface area contributed by atoms with Crippen LogP contribution >= 0.6 is 0 Å². The largest absolute Gasteiger partial charge is 0.399 e. The summed E-state index contributed by atoms with van der Waals surface area (Å²) in [6, 6.07) is 8.19. The third-order valence-electron chi connectivity index (χ3n) is 3.87. The van der Waals surface area contributed by atoms with E-state index in [1.165, 1.54) is 24.9 Å². The highest BCUT2D eigenvalue weighted by molar-refractivity contribution is 5.40. The molecule has 1 aromatic heterocycles. The summed E-state index contributed by atoms with van der Waals surface area (Å²) in [5, 5.41) is 4.20. The van der Waals surface area contributed by atoms with Gasteiger partial charge in [0.15, 0.2) is 0 Å². The summed E-state index contributed by atoms with van der Waals surface area (Å²) >= 11 is 0. The average Bonchev–Trinajstić information content (AvgIpc) is 2.92. The fourth-order valence-corrected chi connectivity index (χ4v) is 2.99. The first-order valence-electron chi connectivity index (χ1n) is 7.19. The molecule has 3 rings (SSSR count). The maximum absolute atomic E-state index is 5.84. The van der Waals surface area contributed by atoms with Crippen LogP contribution in [0.2, 0.25) is 0 Å². The van der Waals surface area contributed by atoms with E-state index >= 15 is 0 Å². The number of piperidine rings is 1. The Labute approximate surface area is 119 Å². The molecule has 2 heterocycles. The number of rotatable bonds is 4. The van der Waals surface area contributed by atoms with Crippen LogP contribution in [0.1, 0.15) is 18.4 Å². The number of nitrogens with zero attached hydrogens (tertiary/aromatic N) is 4. The minimum absolute atomic E-state index is 0.659. The zero-order valence-corrected chi connectivity index (χ0v) is 11.7. The molecule has 2 aromatic rings. The van der Waals surface area contributed by atoms with E-state index < -0.39 is 0 Å². The van der Waals surface area contributed by atoms with Crippen LogP contribution < -0.4 is 5.73 Å². The van der Waals surface area contributed by atoms with Crippen molar-refractivity contribution < 1.29 is 0 Å². The predicted octanol–water partition coefficient (Wildman–Crippen LogP) is 1.77. The second-order valence-corrected chi connectivity index (χ2v) is 5.61. The maximum Gasteiger partial charge on any atom is 0.137 e. The van der Waals surface area contributed by atoms with Crippen LogP contribution in [0.5, 0.6) is 0 Å². The Kier molecular flexibility index (Phi) is 3.97.